The fourth-order valence-corrected chi connectivity index (χ4v) is 3.66. The van der Waals surface area contributed by atoms with E-state index in [1.54, 1.807) is 35.7 Å². The molecular weight excluding hydrogens is 425 g/mol. The van der Waals surface area contributed by atoms with E-state index in [2.05, 4.69) is 15.3 Å². The Bertz CT molecular complexity index is 1230. The lowest BCUT2D eigenvalue weighted by Crippen LogP contribution is -2.20. The number of thiazole rings is 1. The number of hydrogen-bond acceptors (Lipinski definition) is 6. The van der Waals surface area contributed by atoms with Gasteiger partial charge in [-0.3, -0.25) is 15.1 Å². The van der Waals surface area contributed by atoms with E-state index in [-0.39, 0.29) is 12.5 Å². The van der Waals surface area contributed by atoms with Gasteiger partial charge in [0.25, 0.3) is 5.91 Å². The van der Waals surface area contributed by atoms with Crippen molar-refractivity contribution in [1.82, 2.24) is 9.97 Å². The van der Waals surface area contributed by atoms with E-state index in [1.807, 2.05) is 0 Å². The van der Waals surface area contributed by atoms with Crippen LogP contribution in [0.15, 0.2) is 51.0 Å². The summed E-state index contributed by atoms with van der Waals surface area (Å²) >= 11 is 13.1. The van der Waals surface area contributed by atoms with Crippen molar-refractivity contribution >= 4 is 56.7 Å². The number of amides is 1. The van der Waals surface area contributed by atoms with Crippen LogP contribution in [-0.4, -0.2) is 22.5 Å². The molecule has 7 nitrogen and oxygen atoms in total. The van der Waals surface area contributed by atoms with Crippen LogP contribution in [0.5, 0.6) is 5.75 Å². The van der Waals surface area contributed by atoms with Crippen molar-refractivity contribution in [3.63, 3.8) is 0 Å². The number of aromatic amines is 1. The molecule has 2 aromatic carbocycles. The number of halogens is 2. The predicted molar refractivity (Wildman–Crippen MR) is 109 cm³/mol. The molecule has 0 saturated carbocycles. The van der Waals surface area contributed by atoms with Gasteiger partial charge in [-0.1, -0.05) is 23.2 Å². The summed E-state index contributed by atoms with van der Waals surface area (Å²) in [6.07, 6.45) is 0. The maximum Gasteiger partial charge on any atom is 0.417 e. The van der Waals surface area contributed by atoms with Crippen molar-refractivity contribution in [2.75, 3.05) is 11.9 Å². The molecule has 0 aliphatic rings. The van der Waals surface area contributed by atoms with Crippen molar-refractivity contribution in [2.24, 2.45) is 0 Å². The summed E-state index contributed by atoms with van der Waals surface area (Å²) in [6.45, 7) is -0.224. The first-order valence-corrected chi connectivity index (χ1v) is 9.58. The standard InChI is InChI=1S/C18H11Cl2N3O4S/c19-10-2-4-14(11(20)6-10)26-7-16(24)23-17-21-13(8-28-17)9-1-3-15-12(5-9)22-18(25)27-15/h1-6,8H,7H2,(H,22,25)(H,21,23,24). The monoisotopic (exact) mass is 435 g/mol. The Kier molecular flexibility index (Phi) is 5.08. The van der Waals surface area contributed by atoms with Crippen molar-refractivity contribution in [3.8, 4) is 17.0 Å². The number of ether oxygens (including phenoxy) is 1. The second-order valence-corrected chi connectivity index (χ2v) is 7.38. The van der Waals surface area contributed by atoms with Gasteiger partial charge in [0.05, 0.1) is 16.2 Å². The number of H-pyrrole nitrogens is 1. The lowest BCUT2D eigenvalue weighted by atomic mass is 10.1. The van der Waals surface area contributed by atoms with E-state index < -0.39 is 5.76 Å². The number of oxazole rings is 1. The molecule has 4 aromatic rings. The Balaban J connectivity index is 1.42. The molecule has 2 heterocycles. The number of fused-ring (bicyclic) bond motifs is 1. The molecule has 0 unspecified atom stereocenters. The average molecular weight is 436 g/mol. The molecule has 0 aliphatic heterocycles. The number of carbonyl (C=O) groups excluding carboxylic acids is 1. The van der Waals surface area contributed by atoms with Gasteiger partial charge in [0.1, 0.15) is 5.75 Å². The molecule has 0 fully saturated rings. The number of anilines is 1. The van der Waals surface area contributed by atoms with Crippen LogP contribution >= 0.6 is 34.5 Å². The summed E-state index contributed by atoms with van der Waals surface area (Å²) in [4.78, 5) is 30.3. The van der Waals surface area contributed by atoms with Gasteiger partial charge in [-0.05, 0) is 36.4 Å². The Morgan fingerprint density at radius 2 is 2.11 bits per heavy atom. The first-order chi connectivity index (χ1) is 13.5. The SMILES string of the molecule is O=C(COc1ccc(Cl)cc1Cl)Nc1nc(-c2ccc3oc(=O)[nH]c3c2)cs1. The number of aromatic nitrogens is 2. The maximum atomic E-state index is 12.1. The van der Waals surface area contributed by atoms with Crippen LogP contribution in [0.25, 0.3) is 22.4 Å². The third-order valence-electron chi connectivity index (χ3n) is 3.72. The largest absolute Gasteiger partial charge is 0.482 e. The molecule has 0 bridgehead atoms. The highest BCUT2D eigenvalue weighted by atomic mass is 35.5. The van der Waals surface area contributed by atoms with Crippen LogP contribution in [0.2, 0.25) is 10.0 Å². The number of hydrogen-bond donors (Lipinski definition) is 2. The van der Waals surface area contributed by atoms with Gasteiger partial charge in [-0.25, -0.2) is 9.78 Å². The molecule has 0 atom stereocenters. The van der Waals surface area contributed by atoms with E-state index in [4.69, 9.17) is 32.4 Å². The molecular formula is C18H11Cl2N3O4S. The highest BCUT2D eigenvalue weighted by molar-refractivity contribution is 7.14. The Morgan fingerprint density at radius 3 is 2.93 bits per heavy atom. The van der Waals surface area contributed by atoms with Crippen LogP contribution < -0.4 is 15.8 Å². The molecule has 4 rings (SSSR count). The van der Waals surface area contributed by atoms with Crippen molar-refractivity contribution in [1.29, 1.82) is 0 Å². The Labute approximate surface area is 171 Å². The zero-order valence-electron chi connectivity index (χ0n) is 14.0. The summed E-state index contributed by atoms with van der Waals surface area (Å²) in [7, 11) is 0. The molecule has 1 amide bonds. The summed E-state index contributed by atoms with van der Waals surface area (Å²) in [5.74, 6) is -0.524. The van der Waals surface area contributed by atoms with Gasteiger partial charge < -0.3 is 9.15 Å². The first-order valence-electron chi connectivity index (χ1n) is 7.94. The van der Waals surface area contributed by atoms with Crippen LogP contribution in [0.3, 0.4) is 0 Å². The number of nitrogens with zero attached hydrogens (tertiary/aromatic N) is 1. The number of nitrogens with one attached hydrogen (secondary N) is 2. The predicted octanol–water partition coefficient (Wildman–Crippen LogP) is 4.57. The molecule has 2 aromatic heterocycles. The van der Waals surface area contributed by atoms with Crippen molar-refractivity contribution in [2.45, 2.75) is 0 Å². The Hall–Kier alpha value is -2.81. The minimum absolute atomic E-state index is 0.224. The highest BCUT2D eigenvalue weighted by Crippen LogP contribution is 2.28. The van der Waals surface area contributed by atoms with Crippen molar-refractivity contribution < 1.29 is 13.9 Å². The number of carbonyl (C=O) groups is 1. The van der Waals surface area contributed by atoms with Crippen LogP contribution in [-0.2, 0) is 4.79 Å². The molecule has 28 heavy (non-hydrogen) atoms. The number of rotatable bonds is 5. The lowest BCUT2D eigenvalue weighted by Gasteiger charge is -2.07. The third kappa shape index (κ3) is 4.04. The second-order valence-electron chi connectivity index (χ2n) is 5.67. The van der Waals surface area contributed by atoms with E-state index in [0.717, 1.165) is 5.56 Å². The molecule has 0 aliphatic carbocycles. The summed E-state index contributed by atoms with van der Waals surface area (Å²) < 4.78 is 10.4. The van der Waals surface area contributed by atoms with Crippen LogP contribution in [0, 0.1) is 0 Å². The topological polar surface area (TPSA) is 97.2 Å². The van der Waals surface area contributed by atoms with E-state index in [1.165, 1.54) is 17.4 Å². The second kappa shape index (κ2) is 7.67. The zero-order chi connectivity index (χ0) is 19.7. The van der Waals surface area contributed by atoms with E-state index in [9.17, 15) is 9.59 Å². The average Bonchev–Trinajstić information content (AvgIpc) is 3.25. The fraction of sp³-hybridized carbons (Fsp3) is 0.0556. The Morgan fingerprint density at radius 1 is 1.25 bits per heavy atom. The van der Waals surface area contributed by atoms with Crippen LogP contribution in [0.1, 0.15) is 0 Å². The van der Waals surface area contributed by atoms with Gasteiger partial charge in [0.15, 0.2) is 17.3 Å². The van der Waals surface area contributed by atoms with E-state index in [0.29, 0.717) is 37.7 Å². The molecule has 0 spiro atoms. The normalized spacial score (nSPS) is 10.9. The fourth-order valence-electron chi connectivity index (χ4n) is 2.47. The van der Waals surface area contributed by atoms with Crippen molar-refractivity contribution in [3.05, 3.63) is 62.4 Å². The third-order valence-corrected chi connectivity index (χ3v) is 5.01. The molecule has 0 saturated heterocycles. The van der Waals surface area contributed by atoms with Gasteiger partial charge >= 0.3 is 5.76 Å². The summed E-state index contributed by atoms with van der Waals surface area (Å²) in [6, 6.07) is 9.98. The minimum atomic E-state index is -0.515. The molecule has 10 heteroatoms. The highest BCUT2D eigenvalue weighted by Gasteiger charge is 2.11. The summed E-state index contributed by atoms with van der Waals surface area (Å²) in [5, 5.41) is 5.70. The zero-order valence-corrected chi connectivity index (χ0v) is 16.3. The van der Waals surface area contributed by atoms with Gasteiger partial charge in [0, 0.05) is 16.0 Å². The van der Waals surface area contributed by atoms with E-state index >= 15 is 0 Å². The first kappa shape index (κ1) is 18.5. The molecule has 2 N–H and O–H groups in total. The molecule has 142 valence electrons. The van der Waals surface area contributed by atoms with Crippen LogP contribution in [0.4, 0.5) is 5.13 Å². The summed E-state index contributed by atoms with van der Waals surface area (Å²) in [5.41, 5.74) is 2.49. The molecule has 0 radical (unpaired) electrons. The minimum Gasteiger partial charge on any atom is -0.482 e. The number of benzene rings is 2. The van der Waals surface area contributed by atoms with Gasteiger partial charge in [-0.15, -0.1) is 11.3 Å². The van der Waals surface area contributed by atoms with Gasteiger partial charge in [-0.2, -0.15) is 0 Å². The quantitative estimate of drug-likeness (QED) is 0.478. The maximum absolute atomic E-state index is 12.1. The smallest absolute Gasteiger partial charge is 0.417 e. The van der Waals surface area contributed by atoms with Gasteiger partial charge in [0.2, 0.25) is 0 Å². The lowest BCUT2D eigenvalue weighted by molar-refractivity contribution is -0.118.